The average Bonchev–Trinajstić information content (AvgIpc) is 2.98. The Morgan fingerprint density at radius 3 is 2.12 bits per heavy atom. The van der Waals surface area contributed by atoms with Crippen LogP contribution in [0, 0.1) is 11.8 Å². The summed E-state index contributed by atoms with van der Waals surface area (Å²) in [5.74, 6) is -3.24. The molecule has 3 rings (SSSR count). The number of carbonyl (C=O) groups excluding carboxylic acids is 1. The van der Waals surface area contributed by atoms with Crippen LogP contribution in [0.15, 0.2) is 60.7 Å². The van der Waals surface area contributed by atoms with Crippen molar-refractivity contribution < 1.29 is 19.4 Å². The van der Waals surface area contributed by atoms with Crippen LogP contribution in [0.1, 0.15) is 17.2 Å². The lowest BCUT2D eigenvalue weighted by molar-refractivity contribution is -0.152. The molecular weight excluding hydrogens is 306 g/mol. The zero-order valence-corrected chi connectivity index (χ0v) is 13.1. The average molecular weight is 325 g/mol. The van der Waals surface area contributed by atoms with Crippen LogP contribution in [-0.4, -0.2) is 30.2 Å². The number of benzene rings is 2. The second-order valence-electron chi connectivity index (χ2n) is 5.87. The molecule has 1 heterocycles. The highest BCUT2D eigenvalue weighted by atomic mass is 16.5. The van der Waals surface area contributed by atoms with E-state index in [1.54, 1.807) is 0 Å². The number of aliphatic carboxylic acids is 1. The van der Waals surface area contributed by atoms with E-state index in [0.29, 0.717) is 6.54 Å². The molecule has 2 N–H and O–H groups in total. The molecule has 5 heteroatoms. The van der Waals surface area contributed by atoms with Crippen molar-refractivity contribution >= 4 is 11.9 Å². The number of carbonyl (C=O) groups is 2. The quantitative estimate of drug-likeness (QED) is 0.629. The minimum Gasteiger partial charge on any atom is -0.481 e. The Balaban J connectivity index is 1.78. The number of cyclic esters (lactones) is 1. The third-order valence-corrected chi connectivity index (χ3v) is 4.28. The summed E-state index contributed by atoms with van der Waals surface area (Å²) in [5, 5.41) is 12.6. The molecule has 2 unspecified atom stereocenters. The van der Waals surface area contributed by atoms with Gasteiger partial charge in [0.2, 0.25) is 0 Å². The Kier molecular flexibility index (Phi) is 4.91. The summed E-state index contributed by atoms with van der Waals surface area (Å²) < 4.78 is 4.92. The monoisotopic (exact) mass is 325 g/mol. The van der Waals surface area contributed by atoms with E-state index >= 15 is 0 Å². The zero-order valence-electron chi connectivity index (χ0n) is 13.1. The maximum absolute atomic E-state index is 11.6. The molecule has 1 aliphatic heterocycles. The highest BCUT2D eigenvalue weighted by Crippen LogP contribution is 2.26. The Hall–Kier alpha value is -2.66. The van der Waals surface area contributed by atoms with Crippen molar-refractivity contribution in [2.45, 2.75) is 6.04 Å². The molecule has 1 saturated heterocycles. The van der Waals surface area contributed by atoms with Gasteiger partial charge in [-0.25, -0.2) is 0 Å². The van der Waals surface area contributed by atoms with Gasteiger partial charge in [-0.3, -0.25) is 9.59 Å². The molecule has 0 aliphatic carbocycles. The molecule has 1 aliphatic rings. The fraction of sp³-hybridized carbons (Fsp3) is 0.263. The first-order valence-electron chi connectivity index (χ1n) is 7.89. The minimum absolute atomic E-state index is 0.0717. The first-order chi connectivity index (χ1) is 11.7. The number of hydrogen-bond donors (Lipinski definition) is 2. The van der Waals surface area contributed by atoms with E-state index in [1.165, 1.54) is 0 Å². The van der Waals surface area contributed by atoms with Gasteiger partial charge in [0, 0.05) is 12.5 Å². The van der Waals surface area contributed by atoms with Gasteiger partial charge in [-0.15, -0.1) is 0 Å². The Morgan fingerprint density at radius 2 is 1.62 bits per heavy atom. The van der Waals surface area contributed by atoms with E-state index in [9.17, 15) is 14.7 Å². The molecule has 1 fully saturated rings. The fourth-order valence-corrected chi connectivity index (χ4v) is 3.04. The second kappa shape index (κ2) is 7.27. The lowest BCUT2D eigenvalue weighted by atomic mass is 9.93. The third kappa shape index (κ3) is 3.46. The summed E-state index contributed by atoms with van der Waals surface area (Å²) >= 11 is 0. The topological polar surface area (TPSA) is 75.6 Å². The van der Waals surface area contributed by atoms with Crippen LogP contribution in [0.5, 0.6) is 0 Å². The Bertz CT molecular complexity index is 662. The lowest BCUT2D eigenvalue weighted by Gasteiger charge is -2.22. The molecule has 24 heavy (non-hydrogen) atoms. The van der Waals surface area contributed by atoms with Gasteiger partial charge in [-0.2, -0.15) is 0 Å². The van der Waals surface area contributed by atoms with Crippen molar-refractivity contribution in [3.05, 3.63) is 71.8 Å². The molecule has 2 aromatic rings. The molecule has 0 aromatic heterocycles. The number of nitrogens with one attached hydrogen (secondary N) is 1. The molecule has 0 spiro atoms. The second-order valence-corrected chi connectivity index (χ2v) is 5.87. The van der Waals surface area contributed by atoms with Crippen LogP contribution in [0.4, 0.5) is 0 Å². The first kappa shape index (κ1) is 16.2. The Morgan fingerprint density at radius 1 is 1.08 bits per heavy atom. The van der Waals surface area contributed by atoms with Gasteiger partial charge >= 0.3 is 11.9 Å². The summed E-state index contributed by atoms with van der Waals surface area (Å²) in [5.41, 5.74) is 2.17. The number of esters is 1. The molecule has 2 aromatic carbocycles. The SMILES string of the molecule is O=C(O)C1C(=O)OCC1CNC(c1ccccc1)c1ccccc1. The third-order valence-electron chi connectivity index (χ3n) is 4.28. The van der Waals surface area contributed by atoms with Crippen LogP contribution < -0.4 is 5.32 Å². The van der Waals surface area contributed by atoms with Crippen LogP contribution in [0.2, 0.25) is 0 Å². The Labute approximate surface area is 140 Å². The van der Waals surface area contributed by atoms with Crippen molar-refractivity contribution in [1.29, 1.82) is 0 Å². The number of hydrogen-bond acceptors (Lipinski definition) is 4. The lowest BCUT2D eigenvalue weighted by Crippen LogP contribution is -2.35. The predicted octanol–water partition coefficient (Wildman–Crippen LogP) is 2.24. The van der Waals surface area contributed by atoms with Crippen molar-refractivity contribution in [1.82, 2.24) is 5.32 Å². The number of rotatable bonds is 6. The molecule has 0 amide bonds. The fourth-order valence-electron chi connectivity index (χ4n) is 3.04. The zero-order chi connectivity index (χ0) is 16.9. The number of carboxylic acid groups (broad SMARTS) is 1. The maximum Gasteiger partial charge on any atom is 0.320 e. The van der Waals surface area contributed by atoms with Crippen LogP contribution >= 0.6 is 0 Å². The maximum atomic E-state index is 11.6. The molecule has 2 atom stereocenters. The van der Waals surface area contributed by atoms with E-state index in [1.807, 2.05) is 60.7 Å². The van der Waals surface area contributed by atoms with E-state index in [4.69, 9.17) is 4.74 Å². The van der Waals surface area contributed by atoms with Gasteiger partial charge in [0.25, 0.3) is 0 Å². The minimum atomic E-state index is -1.12. The molecule has 5 nitrogen and oxygen atoms in total. The summed E-state index contributed by atoms with van der Waals surface area (Å²) in [4.78, 5) is 22.9. The van der Waals surface area contributed by atoms with E-state index in [0.717, 1.165) is 11.1 Å². The van der Waals surface area contributed by atoms with Gasteiger partial charge in [0.15, 0.2) is 5.92 Å². The van der Waals surface area contributed by atoms with Crippen molar-refractivity contribution in [2.75, 3.05) is 13.2 Å². The highest BCUT2D eigenvalue weighted by molar-refractivity contribution is 5.95. The van der Waals surface area contributed by atoms with Crippen molar-refractivity contribution in [3.63, 3.8) is 0 Å². The van der Waals surface area contributed by atoms with Gasteiger partial charge < -0.3 is 15.2 Å². The normalized spacial score (nSPS) is 20.1. The molecule has 124 valence electrons. The number of ether oxygens (including phenoxy) is 1. The smallest absolute Gasteiger partial charge is 0.320 e. The standard InChI is InChI=1S/C19H19NO4/c21-18(22)16-15(12-24-19(16)23)11-20-17(13-7-3-1-4-8-13)14-9-5-2-6-10-14/h1-10,15-17,20H,11-12H2,(H,21,22). The largest absolute Gasteiger partial charge is 0.481 e. The van der Waals surface area contributed by atoms with Crippen LogP contribution in [0.25, 0.3) is 0 Å². The van der Waals surface area contributed by atoms with E-state index in [-0.39, 0.29) is 18.6 Å². The summed E-state index contributed by atoms with van der Waals surface area (Å²) in [7, 11) is 0. The first-order valence-corrected chi connectivity index (χ1v) is 7.89. The molecule has 0 radical (unpaired) electrons. The van der Waals surface area contributed by atoms with Crippen molar-refractivity contribution in [2.24, 2.45) is 11.8 Å². The van der Waals surface area contributed by atoms with E-state index in [2.05, 4.69) is 5.32 Å². The van der Waals surface area contributed by atoms with E-state index < -0.39 is 17.9 Å². The summed E-state index contributed by atoms with van der Waals surface area (Å²) in [6.07, 6.45) is 0. The van der Waals surface area contributed by atoms with Gasteiger partial charge in [0.1, 0.15) is 0 Å². The van der Waals surface area contributed by atoms with Crippen LogP contribution in [0.3, 0.4) is 0 Å². The summed E-state index contributed by atoms with van der Waals surface area (Å²) in [6, 6.07) is 19.8. The molecular formula is C19H19NO4. The summed E-state index contributed by atoms with van der Waals surface area (Å²) in [6.45, 7) is 0.524. The van der Waals surface area contributed by atoms with Gasteiger partial charge in [0.05, 0.1) is 12.6 Å². The van der Waals surface area contributed by atoms with Crippen LogP contribution in [-0.2, 0) is 14.3 Å². The molecule has 0 saturated carbocycles. The molecule has 0 bridgehead atoms. The highest BCUT2D eigenvalue weighted by Gasteiger charge is 2.42. The van der Waals surface area contributed by atoms with Crippen molar-refractivity contribution in [3.8, 4) is 0 Å². The van der Waals surface area contributed by atoms with Gasteiger partial charge in [-0.05, 0) is 11.1 Å². The number of carboxylic acids is 1. The predicted molar refractivity (Wildman–Crippen MR) is 88.3 cm³/mol. The van der Waals surface area contributed by atoms with Gasteiger partial charge in [-0.1, -0.05) is 60.7 Å².